The molecule has 1 amide bonds. The van der Waals surface area contributed by atoms with Gasteiger partial charge in [0.1, 0.15) is 0 Å². The van der Waals surface area contributed by atoms with Gasteiger partial charge in [-0.3, -0.25) is 9.69 Å². The van der Waals surface area contributed by atoms with Gasteiger partial charge in [0.2, 0.25) is 0 Å². The van der Waals surface area contributed by atoms with E-state index in [9.17, 15) is 4.79 Å². The van der Waals surface area contributed by atoms with Crippen molar-refractivity contribution in [2.75, 3.05) is 4.90 Å². The lowest BCUT2D eigenvalue weighted by Crippen LogP contribution is -2.28. The molecule has 0 aromatic heterocycles. The Bertz CT molecular complexity index is 1130. The fourth-order valence-electron chi connectivity index (χ4n) is 3.28. The van der Waals surface area contributed by atoms with Gasteiger partial charge >= 0.3 is 0 Å². The molecule has 0 saturated carbocycles. The molecule has 3 nitrogen and oxygen atoms in total. The lowest BCUT2D eigenvalue weighted by molar-refractivity contribution is -0.113. The van der Waals surface area contributed by atoms with E-state index in [1.165, 1.54) is 26.5 Å². The summed E-state index contributed by atoms with van der Waals surface area (Å²) in [6.07, 6.45) is 3.90. The molecule has 5 heteroatoms. The Morgan fingerprint density at radius 3 is 2.03 bits per heavy atom. The van der Waals surface area contributed by atoms with Crippen LogP contribution in [0.4, 0.5) is 11.4 Å². The Morgan fingerprint density at radius 1 is 0.871 bits per heavy atom. The van der Waals surface area contributed by atoms with Crippen molar-refractivity contribution in [3.63, 3.8) is 0 Å². The molecule has 1 aliphatic rings. The predicted molar refractivity (Wildman–Crippen MR) is 141 cm³/mol. The zero-order valence-corrected chi connectivity index (χ0v) is 20.5. The van der Waals surface area contributed by atoms with Crippen molar-refractivity contribution in [3.8, 4) is 0 Å². The Labute approximate surface area is 201 Å². The van der Waals surface area contributed by atoms with Gasteiger partial charge in [-0.2, -0.15) is 0 Å². The molecule has 156 valence electrons. The summed E-state index contributed by atoms with van der Waals surface area (Å²) in [6.45, 7) is 4.26. The van der Waals surface area contributed by atoms with Crippen LogP contribution in [0.15, 0.2) is 82.7 Å². The van der Waals surface area contributed by atoms with Crippen LogP contribution < -0.4 is 4.90 Å². The second-order valence-corrected chi connectivity index (χ2v) is 9.49. The topological polar surface area (TPSA) is 32.7 Å². The largest absolute Gasteiger partial charge is 0.271 e. The summed E-state index contributed by atoms with van der Waals surface area (Å²) in [6, 6.07) is 24.5. The van der Waals surface area contributed by atoms with Crippen LogP contribution in [0.3, 0.4) is 0 Å². The highest BCUT2D eigenvalue weighted by atomic mass is 127. The Hall–Kier alpha value is -2.38. The number of amides is 1. The summed E-state index contributed by atoms with van der Waals surface area (Å²) >= 11 is 3.70. The van der Waals surface area contributed by atoms with E-state index in [1.54, 1.807) is 4.90 Å². The van der Waals surface area contributed by atoms with E-state index < -0.39 is 0 Å². The number of carbonyl (C=O) groups excluding carboxylic acids is 1. The summed E-state index contributed by atoms with van der Waals surface area (Å²) < 4.78 is 1.17. The Kier molecular flexibility index (Phi) is 6.92. The molecule has 0 radical (unpaired) electrons. The van der Waals surface area contributed by atoms with Crippen LogP contribution in [-0.4, -0.2) is 11.1 Å². The van der Waals surface area contributed by atoms with Gasteiger partial charge < -0.3 is 0 Å². The maximum atomic E-state index is 13.4. The number of amidine groups is 1. The molecule has 31 heavy (non-hydrogen) atoms. The predicted octanol–water partition coefficient (Wildman–Crippen LogP) is 7.22. The van der Waals surface area contributed by atoms with Crippen molar-refractivity contribution in [1.82, 2.24) is 0 Å². The van der Waals surface area contributed by atoms with E-state index in [0.29, 0.717) is 10.1 Å². The molecule has 1 saturated heterocycles. The third-order valence-electron chi connectivity index (χ3n) is 5.15. The van der Waals surface area contributed by atoms with Gasteiger partial charge in [-0.15, -0.1) is 0 Å². The molecule has 4 rings (SSSR count). The number of halogens is 1. The molecule has 3 aromatic carbocycles. The summed E-state index contributed by atoms with van der Waals surface area (Å²) in [5.41, 5.74) is 5.20. The van der Waals surface area contributed by atoms with Gasteiger partial charge in [-0.25, -0.2) is 4.99 Å². The first-order valence-corrected chi connectivity index (χ1v) is 12.2. The van der Waals surface area contributed by atoms with Gasteiger partial charge in [-0.1, -0.05) is 50.2 Å². The molecular weight excluding hydrogens is 515 g/mol. The number of aliphatic imine (C=N–C) groups is 1. The van der Waals surface area contributed by atoms with E-state index in [4.69, 9.17) is 4.99 Å². The monoisotopic (exact) mass is 538 g/mol. The van der Waals surface area contributed by atoms with Crippen molar-refractivity contribution in [2.24, 2.45) is 4.99 Å². The van der Waals surface area contributed by atoms with Crippen LogP contribution in [0.25, 0.3) is 6.08 Å². The van der Waals surface area contributed by atoms with Gasteiger partial charge in [0.15, 0.2) is 5.17 Å². The average Bonchev–Trinajstić information content (AvgIpc) is 3.10. The number of hydrogen-bond acceptors (Lipinski definition) is 3. The number of aryl methyl sites for hydroxylation is 2. The van der Waals surface area contributed by atoms with E-state index in [-0.39, 0.29) is 5.91 Å². The lowest BCUT2D eigenvalue weighted by atomic mass is 10.1. The van der Waals surface area contributed by atoms with Crippen LogP contribution in [0.5, 0.6) is 0 Å². The smallest absolute Gasteiger partial charge is 0.268 e. The number of benzene rings is 3. The van der Waals surface area contributed by atoms with Crippen molar-refractivity contribution in [2.45, 2.75) is 26.7 Å². The summed E-state index contributed by atoms with van der Waals surface area (Å²) in [7, 11) is 0. The maximum absolute atomic E-state index is 13.4. The fraction of sp³-hybridized carbons (Fsp3) is 0.154. The number of rotatable bonds is 5. The number of carbonyl (C=O) groups is 1. The number of anilines is 1. The molecule has 0 unspecified atom stereocenters. The molecule has 0 N–H and O–H groups in total. The summed E-state index contributed by atoms with van der Waals surface area (Å²) in [5, 5.41) is 0.676. The van der Waals surface area contributed by atoms with Crippen molar-refractivity contribution < 1.29 is 4.79 Å². The highest BCUT2D eigenvalue weighted by Crippen LogP contribution is 2.37. The maximum Gasteiger partial charge on any atom is 0.271 e. The number of hydrogen-bond donors (Lipinski definition) is 0. The molecule has 0 atom stereocenters. The van der Waals surface area contributed by atoms with Crippen LogP contribution in [0.1, 0.15) is 30.5 Å². The third-order valence-corrected chi connectivity index (χ3v) is 6.83. The first kappa shape index (κ1) is 21.8. The van der Waals surface area contributed by atoms with E-state index in [0.717, 1.165) is 29.8 Å². The number of thioether (sulfide) groups is 1. The standard InChI is InChI=1S/C26H23IN2OS/c1-3-18-7-13-22(14-8-18)28-26-29(23-15-9-19(4-2)10-16-23)25(30)24(31-26)17-20-5-11-21(27)12-6-20/h5-17H,3-4H2,1-2H3/b24-17-,28-26?. The zero-order valence-electron chi connectivity index (χ0n) is 17.5. The third kappa shape index (κ3) is 5.10. The Balaban J connectivity index is 1.74. The summed E-state index contributed by atoms with van der Waals surface area (Å²) in [5.74, 6) is -0.0447. The van der Waals surface area contributed by atoms with Crippen molar-refractivity contribution in [1.29, 1.82) is 0 Å². The van der Waals surface area contributed by atoms with E-state index in [2.05, 4.69) is 60.7 Å². The van der Waals surface area contributed by atoms with Gasteiger partial charge in [-0.05, 0) is 106 Å². The first-order valence-electron chi connectivity index (χ1n) is 10.3. The van der Waals surface area contributed by atoms with Crippen LogP contribution in [0.2, 0.25) is 0 Å². The highest BCUT2D eigenvalue weighted by Gasteiger charge is 2.34. The number of nitrogens with zero attached hydrogens (tertiary/aromatic N) is 2. The minimum Gasteiger partial charge on any atom is -0.268 e. The summed E-state index contributed by atoms with van der Waals surface area (Å²) in [4.78, 5) is 20.6. The molecular formula is C26H23IN2OS. The minimum absolute atomic E-state index is 0.0447. The molecule has 1 aliphatic heterocycles. The second-order valence-electron chi connectivity index (χ2n) is 7.24. The molecule has 0 bridgehead atoms. The highest BCUT2D eigenvalue weighted by molar-refractivity contribution is 14.1. The lowest BCUT2D eigenvalue weighted by Gasteiger charge is -2.16. The quantitative estimate of drug-likeness (QED) is 0.254. The fourth-order valence-corrected chi connectivity index (χ4v) is 4.64. The minimum atomic E-state index is -0.0447. The zero-order chi connectivity index (χ0) is 21.8. The SMILES string of the molecule is CCc1ccc(N=C2S/C(=C\c3ccc(I)cc3)C(=O)N2c2ccc(CC)cc2)cc1. The first-order chi connectivity index (χ1) is 15.1. The van der Waals surface area contributed by atoms with E-state index >= 15 is 0 Å². The van der Waals surface area contributed by atoms with Crippen LogP contribution >= 0.6 is 34.4 Å². The molecule has 1 fully saturated rings. The Morgan fingerprint density at radius 2 is 1.45 bits per heavy atom. The van der Waals surface area contributed by atoms with Gasteiger partial charge in [0.05, 0.1) is 16.3 Å². The molecule has 0 spiro atoms. The van der Waals surface area contributed by atoms with Gasteiger partial charge in [0, 0.05) is 3.57 Å². The van der Waals surface area contributed by atoms with Crippen LogP contribution in [-0.2, 0) is 17.6 Å². The molecule has 3 aromatic rings. The normalized spacial score (nSPS) is 16.5. The van der Waals surface area contributed by atoms with Crippen molar-refractivity contribution >= 4 is 62.9 Å². The molecule has 0 aliphatic carbocycles. The second kappa shape index (κ2) is 9.83. The average molecular weight is 538 g/mol. The van der Waals surface area contributed by atoms with Crippen LogP contribution in [0, 0.1) is 3.57 Å². The van der Waals surface area contributed by atoms with Gasteiger partial charge in [0.25, 0.3) is 5.91 Å². The van der Waals surface area contributed by atoms with Crippen molar-refractivity contribution in [3.05, 3.63) is 98.0 Å². The molecule has 1 heterocycles. The van der Waals surface area contributed by atoms with E-state index in [1.807, 2.05) is 54.6 Å².